The number of methoxy groups -OCH3 is 1. The zero-order valence-corrected chi connectivity index (χ0v) is 24.4. The van der Waals surface area contributed by atoms with Gasteiger partial charge in [-0.3, -0.25) is 9.59 Å². The molecule has 41 heavy (non-hydrogen) atoms. The summed E-state index contributed by atoms with van der Waals surface area (Å²) in [5.41, 5.74) is 1.66. The summed E-state index contributed by atoms with van der Waals surface area (Å²) in [6, 6.07) is 18.9. The van der Waals surface area contributed by atoms with Crippen LogP contribution < -0.4 is 15.4 Å². The van der Waals surface area contributed by atoms with Gasteiger partial charge in [-0.2, -0.15) is 0 Å². The average molecular weight is 562 g/mol. The Morgan fingerprint density at radius 1 is 0.976 bits per heavy atom. The number of alkyl carbamates (subject to hydrolysis) is 1. The summed E-state index contributed by atoms with van der Waals surface area (Å²) in [6.07, 6.45) is -0.542. The van der Waals surface area contributed by atoms with E-state index >= 15 is 0 Å². The second kappa shape index (κ2) is 13.7. The first kappa shape index (κ1) is 31.0. The Morgan fingerprint density at radius 3 is 2.20 bits per heavy atom. The van der Waals surface area contributed by atoms with Gasteiger partial charge in [0.15, 0.2) is 0 Å². The standard InChI is InChI=1S/C32H39N3O6/c1-7-35(30(38)26(20-22-11-9-8-10-12-22)34-31(39)41-32(3,4)5)28(23-13-18-27(36)21(2)19-23)29(37)33-24-14-16-25(40-6)17-15-24/h8-19,26,28,36H,7,20H2,1-6H3,(H,33,37)(H,34,39). The molecule has 3 rings (SSSR count). The van der Waals surface area contributed by atoms with Gasteiger partial charge >= 0.3 is 6.09 Å². The van der Waals surface area contributed by atoms with Crippen molar-refractivity contribution in [2.24, 2.45) is 0 Å². The highest BCUT2D eigenvalue weighted by Crippen LogP contribution is 2.29. The van der Waals surface area contributed by atoms with Gasteiger partial charge < -0.3 is 30.1 Å². The maximum absolute atomic E-state index is 14.2. The first-order chi connectivity index (χ1) is 19.4. The number of carbonyl (C=O) groups is 3. The van der Waals surface area contributed by atoms with E-state index in [9.17, 15) is 19.5 Å². The van der Waals surface area contributed by atoms with E-state index in [0.29, 0.717) is 22.6 Å². The molecule has 3 aromatic rings. The Balaban J connectivity index is 2.01. The normalized spacial score (nSPS) is 12.5. The van der Waals surface area contributed by atoms with Crippen LogP contribution in [0.4, 0.5) is 10.5 Å². The van der Waals surface area contributed by atoms with Crippen LogP contribution in [0.15, 0.2) is 72.8 Å². The van der Waals surface area contributed by atoms with Crippen molar-refractivity contribution in [3.63, 3.8) is 0 Å². The predicted molar refractivity (Wildman–Crippen MR) is 158 cm³/mol. The van der Waals surface area contributed by atoms with Crippen LogP contribution in [0.2, 0.25) is 0 Å². The summed E-state index contributed by atoms with van der Waals surface area (Å²) in [7, 11) is 1.55. The molecule has 9 heteroatoms. The first-order valence-electron chi connectivity index (χ1n) is 13.5. The van der Waals surface area contributed by atoms with Gasteiger partial charge in [0.2, 0.25) is 5.91 Å². The van der Waals surface area contributed by atoms with Crippen LogP contribution in [0.1, 0.15) is 50.4 Å². The quantitative estimate of drug-likeness (QED) is 0.306. The van der Waals surface area contributed by atoms with E-state index in [4.69, 9.17) is 9.47 Å². The van der Waals surface area contributed by atoms with Gasteiger partial charge in [-0.15, -0.1) is 0 Å². The number of hydrogen-bond acceptors (Lipinski definition) is 6. The third-order valence-corrected chi connectivity index (χ3v) is 6.35. The van der Waals surface area contributed by atoms with Crippen LogP contribution in [-0.4, -0.2) is 53.2 Å². The average Bonchev–Trinajstić information content (AvgIpc) is 2.92. The van der Waals surface area contributed by atoms with Crippen molar-refractivity contribution >= 4 is 23.6 Å². The van der Waals surface area contributed by atoms with Crippen LogP contribution in [0.3, 0.4) is 0 Å². The maximum atomic E-state index is 14.2. The molecule has 0 bridgehead atoms. The summed E-state index contributed by atoms with van der Waals surface area (Å²) in [5.74, 6) is -0.198. The topological polar surface area (TPSA) is 117 Å². The summed E-state index contributed by atoms with van der Waals surface area (Å²) in [4.78, 5) is 42.3. The second-order valence-corrected chi connectivity index (χ2v) is 10.7. The lowest BCUT2D eigenvalue weighted by atomic mass is 9.98. The van der Waals surface area contributed by atoms with E-state index < -0.39 is 35.6 Å². The molecule has 3 N–H and O–H groups in total. The highest BCUT2D eigenvalue weighted by molar-refractivity contribution is 5.99. The molecule has 3 amide bonds. The van der Waals surface area contributed by atoms with Gasteiger partial charge in [-0.05, 0) is 87.7 Å². The van der Waals surface area contributed by atoms with E-state index in [1.54, 1.807) is 78.1 Å². The number of hydrogen-bond donors (Lipinski definition) is 3. The number of carbonyl (C=O) groups excluding carboxylic acids is 3. The fraction of sp³-hybridized carbons (Fsp3) is 0.344. The molecule has 0 fully saturated rings. The number of likely N-dealkylation sites (N-methyl/N-ethyl adjacent to an activating group) is 1. The number of amides is 3. The van der Waals surface area contributed by atoms with Crippen LogP contribution in [0, 0.1) is 6.92 Å². The van der Waals surface area contributed by atoms with Gasteiger partial charge in [0, 0.05) is 18.7 Å². The molecule has 0 aliphatic rings. The van der Waals surface area contributed by atoms with E-state index in [1.165, 1.54) is 11.0 Å². The molecule has 0 saturated carbocycles. The minimum Gasteiger partial charge on any atom is -0.508 e. The Morgan fingerprint density at radius 2 is 1.63 bits per heavy atom. The molecule has 9 nitrogen and oxygen atoms in total. The number of ether oxygens (including phenoxy) is 2. The van der Waals surface area contributed by atoms with E-state index in [2.05, 4.69) is 10.6 Å². The van der Waals surface area contributed by atoms with Crippen molar-refractivity contribution in [1.29, 1.82) is 0 Å². The fourth-order valence-corrected chi connectivity index (χ4v) is 4.37. The second-order valence-electron chi connectivity index (χ2n) is 10.7. The largest absolute Gasteiger partial charge is 0.508 e. The molecule has 2 unspecified atom stereocenters. The van der Waals surface area contributed by atoms with E-state index in [1.807, 2.05) is 30.3 Å². The lowest BCUT2D eigenvalue weighted by Crippen LogP contribution is -2.53. The number of rotatable bonds is 10. The Labute approximate surface area is 241 Å². The summed E-state index contributed by atoms with van der Waals surface area (Å²) >= 11 is 0. The van der Waals surface area contributed by atoms with Crippen molar-refractivity contribution in [3.05, 3.63) is 89.5 Å². The van der Waals surface area contributed by atoms with E-state index in [0.717, 1.165) is 5.56 Å². The van der Waals surface area contributed by atoms with Crippen LogP contribution in [0.25, 0.3) is 0 Å². The third-order valence-electron chi connectivity index (χ3n) is 6.35. The Hall–Kier alpha value is -4.53. The number of anilines is 1. The molecule has 3 aromatic carbocycles. The van der Waals surface area contributed by atoms with Crippen LogP contribution in [-0.2, 0) is 20.7 Å². The highest BCUT2D eigenvalue weighted by Gasteiger charge is 2.36. The van der Waals surface area contributed by atoms with Gasteiger partial charge in [0.25, 0.3) is 5.91 Å². The molecule has 0 aliphatic carbocycles. The van der Waals surface area contributed by atoms with Gasteiger partial charge in [-0.1, -0.05) is 36.4 Å². The van der Waals surface area contributed by atoms with Crippen molar-refractivity contribution in [1.82, 2.24) is 10.2 Å². The number of phenolic OH excluding ortho intramolecular Hbond substituents is 1. The SMILES string of the molecule is CCN(C(=O)C(Cc1ccccc1)NC(=O)OC(C)(C)C)C(C(=O)Nc1ccc(OC)cc1)c1ccc(O)c(C)c1. The number of benzene rings is 3. The molecule has 0 radical (unpaired) electrons. The van der Waals surface area contributed by atoms with Gasteiger partial charge in [0.1, 0.15) is 29.2 Å². The lowest BCUT2D eigenvalue weighted by molar-refractivity contribution is -0.140. The molecular formula is C32H39N3O6. The third kappa shape index (κ3) is 8.73. The Bertz CT molecular complexity index is 1340. The van der Waals surface area contributed by atoms with Crippen molar-refractivity contribution in [2.45, 2.75) is 58.7 Å². The zero-order valence-electron chi connectivity index (χ0n) is 24.4. The minimum atomic E-state index is -1.06. The van der Waals surface area contributed by atoms with Gasteiger partial charge in [-0.25, -0.2) is 4.79 Å². The number of aromatic hydroxyl groups is 1. The Kier molecular flexibility index (Phi) is 10.4. The monoisotopic (exact) mass is 561 g/mol. The lowest BCUT2D eigenvalue weighted by Gasteiger charge is -2.34. The molecule has 0 heterocycles. The molecule has 2 atom stereocenters. The number of aryl methyl sites for hydroxylation is 1. The molecule has 0 saturated heterocycles. The molecular weight excluding hydrogens is 522 g/mol. The van der Waals surface area contributed by atoms with Crippen molar-refractivity contribution in [3.8, 4) is 11.5 Å². The van der Waals surface area contributed by atoms with Gasteiger partial charge in [0.05, 0.1) is 7.11 Å². The molecule has 0 spiro atoms. The van der Waals surface area contributed by atoms with Crippen LogP contribution in [0.5, 0.6) is 11.5 Å². The predicted octanol–water partition coefficient (Wildman–Crippen LogP) is 5.37. The number of phenols is 1. The maximum Gasteiger partial charge on any atom is 0.408 e. The molecule has 0 aliphatic heterocycles. The summed E-state index contributed by atoms with van der Waals surface area (Å²) < 4.78 is 10.7. The number of nitrogens with one attached hydrogen (secondary N) is 2. The number of nitrogens with zero attached hydrogens (tertiary/aromatic N) is 1. The highest BCUT2D eigenvalue weighted by atomic mass is 16.6. The first-order valence-corrected chi connectivity index (χ1v) is 13.5. The molecule has 218 valence electrons. The van der Waals surface area contributed by atoms with Crippen LogP contribution >= 0.6 is 0 Å². The minimum absolute atomic E-state index is 0.0750. The summed E-state index contributed by atoms with van der Waals surface area (Å²) in [6.45, 7) is 8.88. The zero-order chi connectivity index (χ0) is 30.2. The fourth-order valence-electron chi connectivity index (χ4n) is 4.37. The molecule has 0 aromatic heterocycles. The van der Waals surface area contributed by atoms with Crippen molar-refractivity contribution in [2.75, 3.05) is 19.0 Å². The van der Waals surface area contributed by atoms with E-state index in [-0.39, 0.29) is 18.7 Å². The summed E-state index contributed by atoms with van der Waals surface area (Å²) in [5, 5.41) is 15.8. The smallest absolute Gasteiger partial charge is 0.408 e. The van der Waals surface area contributed by atoms with Crippen molar-refractivity contribution < 1.29 is 29.0 Å².